The number of amides is 1. The summed E-state index contributed by atoms with van der Waals surface area (Å²) in [6.07, 6.45) is 3.07. The molecule has 6 rings (SSSR count). The Kier molecular flexibility index (Phi) is 7.08. The summed E-state index contributed by atoms with van der Waals surface area (Å²) in [5.41, 5.74) is 5.50. The number of hydrogen-bond acceptors (Lipinski definition) is 4. The molecule has 5 aromatic rings. The van der Waals surface area contributed by atoms with Gasteiger partial charge in [-0.15, -0.1) is 11.3 Å². The molecule has 3 heterocycles. The molecule has 0 aliphatic carbocycles. The molecule has 0 radical (unpaired) electrons. The smallest absolute Gasteiger partial charge is 0.274 e. The first-order valence-electron chi connectivity index (χ1n) is 12.8. The Morgan fingerprint density at radius 2 is 1.58 bits per heavy atom. The van der Waals surface area contributed by atoms with Crippen LogP contribution in [0.5, 0.6) is 0 Å². The highest BCUT2D eigenvalue weighted by molar-refractivity contribution is 7.12. The fourth-order valence-corrected chi connectivity index (χ4v) is 5.93. The molecular weight excluding hydrogens is 512 g/mol. The summed E-state index contributed by atoms with van der Waals surface area (Å²) in [6.45, 7) is 1.50. The molecule has 3 aromatic carbocycles. The first-order chi connectivity index (χ1) is 18.6. The van der Waals surface area contributed by atoms with Gasteiger partial charge in [0.2, 0.25) is 5.13 Å². The zero-order valence-corrected chi connectivity index (χ0v) is 22.4. The van der Waals surface area contributed by atoms with Gasteiger partial charge in [0.25, 0.3) is 5.91 Å². The predicted molar refractivity (Wildman–Crippen MR) is 154 cm³/mol. The lowest BCUT2D eigenvalue weighted by atomic mass is 9.90. The molecule has 1 aliphatic heterocycles. The van der Waals surface area contributed by atoms with Crippen molar-refractivity contribution in [3.63, 3.8) is 0 Å². The SMILES string of the molecule is O=C(c1cc(-c2ccccc2)n(-c2nc(-c3ccc(Cl)cc3)cs2)n1)N1CCC(Cc2ccccc2)CC1. The van der Waals surface area contributed by atoms with Gasteiger partial charge in [-0.1, -0.05) is 84.4 Å². The summed E-state index contributed by atoms with van der Waals surface area (Å²) >= 11 is 7.57. The number of piperidine rings is 1. The number of carbonyl (C=O) groups excluding carboxylic acids is 1. The average Bonchev–Trinajstić information content (AvgIpc) is 3.63. The zero-order chi connectivity index (χ0) is 25.9. The zero-order valence-electron chi connectivity index (χ0n) is 20.8. The highest BCUT2D eigenvalue weighted by Gasteiger charge is 2.27. The lowest BCUT2D eigenvalue weighted by Crippen LogP contribution is -2.39. The van der Waals surface area contributed by atoms with Crippen molar-refractivity contribution < 1.29 is 4.79 Å². The second-order valence-electron chi connectivity index (χ2n) is 9.64. The molecule has 7 heteroatoms. The standard InChI is InChI=1S/C31H27ClN4OS/c32-26-13-11-24(12-14-26)28-21-38-31(33-28)36-29(25-9-5-2-6-10-25)20-27(34-36)30(37)35-17-15-23(16-18-35)19-22-7-3-1-4-8-22/h1-14,20-21,23H,15-19H2. The number of thiazole rings is 1. The molecule has 1 saturated heterocycles. The fourth-order valence-electron chi connectivity index (χ4n) is 5.01. The predicted octanol–water partition coefficient (Wildman–Crippen LogP) is 7.41. The number of halogens is 1. The summed E-state index contributed by atoms with van der Waals surface area (Å²) in [4.78, 5) is 20.4. The van der Waals surface area contributed by atoms with E-state index in [0.29, 0.717) is 16.6 Å². The minimum atomic E-state index is -0.0198. The third kappa shape index (κ3) is 5.28. The molecule has 0 spiro atoms. The first kappa shape index (κ1) is 24.6. The Labute approximate surface area is 231 Å². The molecule has 0 saturated carbocycles. The summed E-state index contributed by atoms with van der Waals surface area (Å²) < 4.78 is 1.80. The number of carbonyl (C=O) groups is 1. The van der Waals surface area contributed by atoms with Crippen molar-refractivity contribution in [1.82, 2.24) is 19.7 Å². The number of hydrogen-bond donors (Lipinski definition) is 0. The van der Waals surface area contributed by atoms with E-state index in [1.807, 2.05) is 70.9 Å². The van der Waals surface area contributed by atoms with Crippen LogP contribution in [-0.4, -0.2) is 38.7 Å². The molecular formula is C31H27ClN4OS. The second kappa shape index (κ2) is 10.9. The fraction of sp³-hybridized carbons (Fsp3) is 0.194. The van der Waals surface area contributed by atoms with Gasteiger partial charge in [-0.25, -0.2) is 9.67 Å². The van der Waals surface area contributed by atoms with Crippen LogP contribution in [0.3, 0.4) is 0 Å². The number of rotatable bonds is 6. The molecule has 0 atom stereocenters. The van der Waals surface area contributed by atoms with E-state index in [1.54, 1.807) is 4.68 Å². The Bertz CT molecular complexity index is 1520. The van der Waals surface area contributed by atoms with Gasteiger partial charge >= 0.3 is 0 Å². The van der Waals surface area contributed by atoms with Crippen molar-refractivity contribution >= 4 is 28.8 Å². The molecule has 1 aliphatic rings. The number of benzene rings is 3. The van der Waals surface area contributed by atoms with Gasteiger partial charge in [0, 0.05) is 34.6 Å². The third-order valence-corrected chi connectivity index (χ3v) is 8.15. The van der Waals surface area contributed by atoms with Crippen LogP contribution in [0.4, 0.5) is 0 Å². The normalized spacial score (nSPS) is 14.1. The van der Waals surface area contributed by atoms with Crippen molar-refractivity contribution in [1.29, 1.82) is 0 Å². The van der Waals surface area contributed by atoms with E-state index in [9.17, 15) is 4.79 Å². The van der Waals surface area contributed by atoms with Crippen LogP contribution in [-0.2, 0) is 6.42 Å². The molecule has 1 fully saturated rings. The summed E-state index contributed by atoms with van der Waals surface area (Å²) in [5.74, 6) is 0.578. The third-order valence-electron chi connectivity index (χ3n) is 7.08. The summed E-state index contributed by atoms with van der Waals surface area (Å²) in [5, 5.41) is 8.21. The molecule has 1 amide bonds. The Morgan fingerprint density at radius 1 is 0.895 bits per heavy atom. The summed E-state index contributed by atoms with van der Waals surface area (Å²) in [6, 6.07) is 30.2. The monoisotopic (exact) mass is 538 g/mol. The van der Waals surface area contributed by atoms with Gasteiger partial charge in [0.05, 0.1) is 11.4 Å². The Morgan fingerprint density at radius 3 is 2.29 bits per heavy atom. The van der Waals surface area contributed by atoms with Gasteiger partial charge in [0.1, 0.15) is 0 Å². The number of nitrogens with zero attached hydrogens (tertiary/aromatic N) is 4. The van der Waals surface area contributed by atoms with E-state index in [1.165, 1.54) is 16.9 Å². The average molecular weight is 539 g/mol. The second-order valence-corrected chi connectivity index (χ2v) is 10.9. The Balaban J connectivity index is 1.24. The minimum absolute atomic E-state index is 0.0198. The maximum absolute atomic E-state index is 13.6. The number of aromatic nitrogens is 3. The van der Waals surface area contributed by atoms with E-state index in [2.05, 4.69) is 30.3 Å². The van der Waals surface area contributed by atoms with Crippen LogP contribution < -0.4 is 0 Å². The molecule has 0 N–H and O–H groups in total. The van der Waals surface area contributed by atoms with Crippen molar-refractivity contribution in [2.45, 2.75) is 19.3 Å². The van der Waals surface area contributed by atoms with Crippen molar-refractivity contribution in [2.75, 3.05) is 13.1 Å². The minimum Gasteiger partial charge on any atom is -0.337 e. The van der Waals surface area contributed by atoms with E-state index < -0.39 is 0 Å². The maximum Gasteiger partial charge on any atom is 0.274 e. The molecule has 2 aromatic heterocycles. The van der Waals surface area contributed by atoms with E-state index in [0.717, 1.165) is 60.0 Å². The Hall–Kier alpha value is -3.74. The van der Waals surface area contributed by atoms with Crippen LogP contribution >= 0.6 is 22.9 Å². The van der Waals surface area contributed by atoms with Crippen LogP contribution in [0, 0.1) is 5.92 Å². The van der Waals surface area contributed by atoms with Crippen molar-refractivity contribution in [3.8, 4) is 27.6 Å². The van der Waals surface area contributed by atoms with E-state index in [-0.39, 0.29) is 5.91 Å². The van der Waals surface area contributed by atoms with Gasteiger partial charge in [-0.05, 0) is 48.9 Å². The van der Waals surface area contributed by atoms with Crippen molar-refractivity contribution in [2.24, 2.45) is 5.92 Å². The molecule has 5 nitrogen and oxygen atoms in total. The van der Waals surface area contributed by atoms with Crippen LogP contribution in [0.25, 0.3) is 27.6 Å². The molecule has 190 valence electrons. The molecule has 38 heavy (non-hydrogen) atoms. The van der Waals surface area contributed by atoms with E-state index in [4.69, 9.17) is 21.7 Å². The summed E-state index contributed by atoms with van der Waals surface area (Å²) in [7, 11) is 0. The number of likely N-dealkylation sites (tertiary alicyclic amines) is 1. The molecule has 0 unspecified atom stereocenters. The maximum atomic E-state index is 13.6. The van der Waals surface area contributed by atoms with Gasteiger partial charge in [-0.2, -0.15) is 5.10 Å². The van der Waals surface area contributed by atoms with Crippen LogP contribution in [0.1, 0.15) is 28.9 Å². The topological polar surface area (TPSA) is 51.0 Å². The quantitative estimate of drug-likeness (QED) is 0.226. The van der Waals surface area contributed by atoms with E-state index >= 15 is 0 Å². The lowest BCUT2D eigenvalue weighted by Gasteiger charge is -2.31. The highest BCUT2D eigenvalue weighted by atomic mass is 35.5. The largest absolute Gasteiger partial charge is 0.337 e. The highest BCUT2D eigenvalue weighted by Crippen LogP contribution is 2.30. The van der Waals surface area contributed by atoms with Gasteiger partial charge in [-0.3, -0.25) is 4.79 Å². The lowest BCUT2D eigenvalue weighted by molar-refractivity contribution is 0.0684. The van der Waals surface area contributed by atoms with Crippen LogP contribution in [0.2, 0.25) is 5.02 Å². The molecule has 0 bridgehead atoms. The van der Waals surface area contributed by atoms with Gasteiger partial charge in [0.15, 0.2) is 5.69 Å². The van der Waals surface area contributed by atoms with Crippen molar-refractivity contribution in [3.05, 3.63) is 113 Å². The van der Waals surface area contributed by atoms with Gasteiger partial charge < -0.3 is 4.90 Å². The van der Waals surface area contributed by atoms with Crippen LogP contribution in [0.15, 0.2) is 96.4 Å². The first-order valence-corrected chi connectivity index (χ1v) is 14.1.